The van der Waals surface area contributed by atoms with Gasteiger partial charge in [0.1, 0.15) is 0 Å². The Bertz CT molecular complexity index is 201. The number of hydrogen-bond donors (Lipinski definition) is 0. The zero-order valence-corrected chi connectivity index (χ0v) is 10.1. The highest BCUT2D eigenvalue weighted by Crippen LogP contribution is 2.35. The Balaban J connectivity index is 1.78. The molecule has 1 unspecified atom stereocenters. The maximum atomic E-state index is 2.68. The van der Waals surface area contributed by atoms with E-state index in [1.54, 1.807) is 0 Å². The van der Waals surface area contributed by atoms with Gasteiger partial charge in [0.15, 0.2) is 0 Å². The van der Waals surface area contributed by atoms with E-state index in [0.29, 0.717) is 5.41 Å². The molecule has 0 aromatic heterocycles. The van der Waals surface area contributed by atoms with Crippen molar-refractivity contribution in [1.82, 2.24) is 9.80 Å². The third-order valence-corrected chi connectivity index (χ3v) is 4.02. The molecule has 0 bridgehead atoms. The van der Waals surface area contributed by atoms with Gasteiger partial charge in [-0.2, -0.15) is 0 Å². The van der Waals surface area contributed by atoms with Gasteiger partial charge in [0.25, 0.3) is 0 Å². The minimum atomic E-state index is 0.515. The summed E-state index contributed by atoms with van der Waals surface area (Å²) in [4.78, 5) is 5.13. The molecular formula is C12H24N2. The second-order valence-corrected chi connectivity index (χ2v) is 6.22. The van der Waals surface area contributed by atoms with Crippen LogP contribution in [0.5, 0.6) is 0 Å². The van der Waals surface area contributed by atoms with Crippen LogP contribution in [0, 0.1) is 11.3 Å². The molecule has 14 heavy (non-hydrogen) atoms. The standard InChI is InChI=1S/C12H24N2/c1-12(2,3)10-7-14(8-10)11-5-6-13(4)9-11/h10-11H,5-9H2,1-4H3. The Hall–Kier alpha value is -0.0800. The van der Waals surface area contributed by atoms with Crippen LogP contribution < -0.4 is 0 Å². The fourth-order valence-corrected chi connectivity index (χ4v) is 2.57. The van der Waals surface area contributed by atoms with Gasteiger partial charge in [-0.25, -0.2) is 0 Å². The number of rotatable bonds is 1. The molecule has 0 aromatic carbocycles. The van der Waals surface area contributed by atoms with E-state index in [1.165, 1.54) is 32.6 Å². The molecule has 2 heteroatoms. The summed E-state index contributed by atoms with van der Waals surface area (Å²) in [7, 11) is 2.24. The molecule has 0 N–H and O–H groups in total. The minimum absolute atomic E-state index is 0.515. The highest BCUT2D eigenvalue weighted by atomic mass is 15.3. The van der Waals surface area contributed by atoms with Gasteiger partial charge in [-0.3, -0.25) is 4.90 Å². The third-order valence-electron chi connectivity index (χ3n) is 4.02. The molecule has 0 saturated carbocycles. The summed E-state index contributed by atoms with van der Waals surface area (Å²) in [5.74, 6) is 0.924. The summed E-state index contributed by atoms with van der Waals surface area (Å²) in [5, 5.41) is 0. The SMILES string of the molecule is CN1CCC(N2CC(C(C)(C)C)C2)C1. The zero-order valence-electron chi connectivity index (χ0n) is 10.1. The van der Waals surface area contributed by atoms with E-state index in [2.05, 4.69) is 37.6 Å². The summed E-state index contributed by atoms with van der Waals surface area (Å²) < 4.78 is 0. The minimum Gasteiger partial charge on any atom is -0.305 e. The van der Waals surface area contributed by atoms with Crippen LogP contribution in [0.15, 0.2) is 0 Å². The van der Waals surface area contributed by atoms with Crippen LogP contribution in [-0.4, -0.2) is 49.1 Å². The molecule has 2 rings (SSSR count). The van der Waals surface area contributed by atoms with Crippen LogP contribution >= 0.6 is 0 Å². The van der Waals surface area contributed by atoms with E-state index in [0.717, 1.165) is 12.0 Å². The Labute approximate surface area is 88.3 Å². The molecule has 0 amide bonds. The van der Waals surface area contributed by atoms with E-state index >= 15 is 0 Å². The molecule has 2 aliphatic heterocycles. The third kappa shape index (κ3) is 1.96. The van der Waals surface area contributed by atoms with Gasteiger partial charge < -0.3 is 4.90 Å². The Morgan fingerprint density at radius 1 is 1.07 bits per heavy atom. The maximum Gasteiger partial charge on any atom is 0.0235 e. The molecule has 0 aliphatic carbocycles. The molecule has 2 heterocycles. The Kier molecular flexibility index (Phi) is 2.61. The Morgan fingerprint density at radius 2 is 1.71 bits per heavy atom. The highest BCUT2D eigenvalue weighted by Gasteiger charge is 2.40. The van der Waals surface area contributed by atoms with Crippen LogP contribution in [0.3, 0.4) is 0 Å². The van der Waals surface area contributed by atoms with Crippen molar-refractivity contribution in [3.05, 3.63) is 0 Å². The van der Waals surface area contributed by atoms with Gasteiger partial charge in [-0.05, 0) is 31.3 Å². The van der Waals surface area contributed by atoms with E-state index in [-0.39, 0.29) is 0 Å². The molecule has 0 spiro atoms. The predicted octanol–water partition coefficient (Wildman–Crippen LogP) is 1.67. The van der Waals surface area contributed by atoms with Crippen LogP contribution in [0.1, 0.15) is 27.2 Å². The summed E-state index contributed by atoms with van der Waals surface area (Å²) >= 11 is 0. The summed E-state index contributed by atoms with van der Waals surface area (Å²) in [6.07, 6.45) is 1.38. The van der Waals surface area contributed by atoms with Crippen LogP contribution in [0.25, 0.3) is 0 Å². The summed E-state index contributed by atoms with van der Waals surface area (Å²) in [6, 6.07) is 0.860. The van der Waals surface area contributed by atoms with Crippen molar-refractivity contribution >= 4 is 0 Å². The van der Waals surface area contributed by atoms with E-state index in [4.69, 9.17) is 0 Å². The first kappa shape index (κ1) is 10.4. The first-order valence-corrected chi connectivity index (χ1v) is 5.89. The van der Waals surface area contributed by atoms with Crippen LogP contribution in [0.2, 0.25) is 0 Å². The number of likely N-dealkylation sites (N-methyl/N-ethyl adjacent to an activating group) is 1. The Morgan fingerprint density at radius 3 is 2.14 bits per heavy atom. The van der Waals surface area contributed by atoms with Crippen molar-refractivity contribution in [2.24, 2.45) is 11.3 Å². The molecular weight excluding hydrogens is 172 g/mol. The first-order chi connectivity index (χ1) is 6.47. The quantitative estimate of drug-likeness (QED) is 0.629. The number of likely N-dealkylation sites (tertiary alicyclic amines) is 2. The zero-order chi connectivity index (χ0) is 10.3. The molecule has 2 aliphatic rings. The lowest BCUT2D eigenvalue weighted by Crippen LogP contribution is -2.56. The molecule has 2 fully saturated rings. The second kappa shape index (κ2) is 3.49. The van der Waals surface area contributed by atoms with Gasteiger partial charge in [0.05, 0.1) is 0 Å². The van der Waals surface area contributed by atoms with E-state index < -0.39 is 0 Å². The van der Waals surface area contributed by atoms with Crippen molar-refractivity contribution in [2.75, 3.05) is 33.2 Å². The second-order valence-electron chi connectivity index (χ2n) is 6.22. The normalized spacial score (nSPS) is 32.1. The predicted molar refractivity (Wildman–Crippen MR) is 60.4 cm³/mol. The largest absolute Gasteiger partial charge is 0.305 e. The monoisotopic (exact) mass is 196 g/mol. The van der Waals surface area contributed by atoms with Crippen molar-refractivity contribution in [1.29, 1.82) is 0 Å². The lowest BCUT2D eigenvalue weighted by molar-refractivity contribution is -0.00361. The van der Waals surface area contributed by atoms with E-state index in [9.17, 15) is 0 Å². The van der Waals surface area contributed by atoms with Gasteiger partial charge in [-0.1, -0.05) is 20.8 Å². The maximum absolute atomic E-state index is 2.68. The summed E-state index contributed by atoms with van der Waals surface area (Å²) in [5.41, 5.74) is 0.515. The fraction of sp³-hybridized carbons (Fsp3) is 1.00. The number of nitrogens with zero attached hydrogens (tertiary/aromatic N) is 2. The molecule has 1 atom stereocenters. The highest BCUT2D eigenvalue weighted by molar-refractivity contribution is 4.94. The van der Waals surface area contributed by atoms with E-state index in [1.807, 2.05) is 0 Å². The van der Waals surface area contributed by atoms with Gasteiger partial charge in [0.2, 0.25) is 0 Å². The molecule has 82 valence electrons. The lowest BCUT2D eigenvalue weighted by atomic mass is 9.75. The first-order valence-electron chi connectivity index (χ1n) is 5.89. The molecule has 0 aromatic rings. The van der Waals surface area contributed by atoms with Crippen molar-refractivity contribution < 1.29 is 0 Å². The number of hydrogen-bond acceptors (Lipinski definition) is 2. The molecule has 2 nitrogen and oxygen atoms in total. The van der Waals surface area contributed by atoms with Crippen molar-refractivity contribution in [2.45, 2.75) is 33.2 Å². The van der Waals surface area contributed by atoms with Gasteiger partial charge in [-0.15, -0.1) is 0 Å². The smallest absolute Gasteiger partial charge is 0.0235 e. The summed E-state index contributed by atoms with van der Waals surface area (Å²) in [6.45, 7) is 12.4. The average Bonchev–Trinajstić information content (AvgIpc) is 2.28. The van der Waals surface area contributed by atoms with Crippen LogP contribution in [0.4, 0.5) is 0 Å². The van der Waals surface area contributed by atoms with Gasteiger partial charge >= 0.3 is 0 Å². The molecule has 0 radical (unpaired) electrons. The van der Waals surface area contributed by atoms with Gasteiger partial charge in [0, 0.05) is 25.7 Å². The topological polar surface area (TPSA) is 6.48 Å². The van der Waals surface area contributed by atoms with Crippen molar-refractivity contribution in [3.63, 3.8) is 0 Å². The lowest BCUT2D eigenvalue weighted by Gasteiger charge is -2.49. The average molecular weight is 196 g/mol. The molecule has 2 saturated heterocycles. The fourth-order valence-electron chi connectivity index (χ4n) is 2.57. The van der Waals surface area contributed by atoms with Crippen molar-refractivity contribution in [3.8, 4) is 0 Å². The van der Waals surface area contributed by atoms with Crippen LogP contribution in [-0.2, 0) is 0 Å².